The van der Waals surface area contributed by atoms with Gasteiger partial charge in [-0.3, -0.25) is 4.99 Å². The highest BCUT2D eigenvalue weighted by atomic mass is 16.6. The van der Waals surface area contributed by atoms with Gasteiger partial charge in [0.05, 0.1) is 6.54 Å². The Morgan fingerprint density at radius 3 is 2.77 bits per heavy atom. The van der Waals surface area contributed by atoms with Crippen LogP contribution in [0.4, 0.5) is 0 Å². The summed E-state index contributed by atoms with van der Waals surface area (Å²) in [5.74, 6) is 2.47. The summed E-state index contributed by atoms with van der Waals surface area (Å²) in [6.45, 7) is 5.77. The third-order valence-corrected chi connectivity index (χ3v) is 5.23. The van der Waals surface area contributed by atoms with Crippen LogP contribution in [-0.2, 0) is 4.74 Å². The first-order valence-electron chi connectivity index (χ1n) is 9.64. The first kappa shape index (κ1) is 18.8. The monoisotopic (exact) mass is 361 g/mol. The van der Waals surface area contributed by atoms with Crippen molar-refractivity contribution in [3.05, 3.63) is 24.3 Å². The number of aliphatic imine (C=N–C) groups is 1. The molecule has 26 heavy (non-hydrogen) atoms. The molecule has 0 spiro atoms. The molecule has 1 fully saturated rings. The summed E-state index contributed by atoms with van der Waals surface area (Å²) in [4.78, 5) is 4.83. The van der Waals surface area contributed by atoms with E-state index in [1.807, 2.05) is 24.3 Å². The Labute approximate surface area is 156 Å². The number of nitrogens with zero attached hydrogens (tertiary/aromatic N) is 1. The second-order valence-electron chi connectivity index (χ2n) is 7.17. The van der Waals surface area contributed by atoms with E-state index in [1.54, 1.807) is 7.11 Å². The number of ether oxygens (including phenoxy) is 3. The Morgan fingerprint density at radius 2 is 2.08 bits per heavy atom. The molecule has 0 amide bonds. The van der Waals surface area contributed by atoms with E-state index in [0.29, 0.717) is 18.6 Å². The number of fused-ring (bicyclic) bond motifs is 1. The molecule has 6 heteroatoms. The van der Waals surface area contributed by atoms with Gasteiger partial charge in [0.15, 0.2) is 17.5 Å². The summed E-state index contributed by atoms with van der Waals surface area (Å²) in [6, 6.07) is 7.79. The average Bonchev–Trinajstić information content (AvgIpc) is 2.64. The van der Waals surface area contributed by atoms with Crippen molar-refractivity contribution < 1.29 is 14.2 Å². The van der Waals surface area contributed by atoms with Crippen molar-refractivity contribution in [2.45, 2.75) is 38.7 Å². The largest absolute Gasteiger partial charge is 0.486 e. The molecule has 0 aromatic heterocycles. The number of hydrogen-bond donors (Lipinski definition) is 2. The fourth-order valence-electron chi connectivity index (χ4n) is 3.45. The maximum Gasteiger partial charge on any atom is 0.191 e. The van der Waals surface area contributed by atoms with Crippen LogP contribution in [0.25, 0.3) is 0 Å². The molecule has 2 aliphatic rings. The van der Waals surface area contributed by atoms with Gasteiger partial charge in [0, 0.05) is 26.8 Å². The van der Waals surface area contributed by atoms with Gasteiger partial charge >= 0.3 is 0 Å². The van der Waals surface area contributed by atoms with Gasteiger partial charge in [0.2, 0.25) is 0 Å². The summed E-state index contributed by atoms with van der Waals surface area (Å²) in [6.07, 6.45) is 4.85. The first-order valence-corrected chi connectivity index (χ1v) is 9.64. The summed E-state index contributed by atoms with van der Waals surface area (Å²) in [5.41, 5.74) is 0.321. The van der Waals surface area contributed by atoms with E-state index in [1.165, 1.54) is 19.3 Å². The third-order valence-electron chi connectivity index (χ3n) is 5.23. The van der Waals surface area contributed by atoms with E-state index in [2.05, 4.69) is 17.6 Å². The molecule has 0 saturated heterocycles. The number of methoxy groups -OCH3 is 1. The van der Waals surface area contributed by atoms with Gasteiger partial charge in [-0.05, 0) is 43.7 Å². The number of para-hydroxylation sites is 2. The van der Waals surface area contributed by atoms with Crippen LogP contribution in [0, 0.1) is 5.41 Å². The van der Waals surface area contributed by atoms with Gasteiger partial charge in [0.25, 0.3) is 0 Å². The smallest absolute Gasteiger partial charge is 0.191 e. The van der Waals surface area contributed by atoms with E-state index < -0.39 is 0 Å². The van der Waals surface area contributed by atoms with Crippen LogP contribution in [0.15, 0.2) is 29.3 Å². The molecule has 3 rings (SSSR count). The van der Waals surface area contributed by atoms with Crippen LogP contribution < -0.4 is 20.1 Å². The lowest BCUT2D eigenvalue weighted by Gasteiger charge is -2.40. The minimum absolute atomic E-state index is 0.0279. The SMILES string of the molecule is CCNC(=NCC1(CCOC)CCC1)NCC1COc2ccccc2O1. The van der Waals surface area contributed by atoms with Gasteiger partial charge in [-0.1, -0.05) is 18.6 Å². The highest BCUT2D eigenvalue weighted by molar-refractivity contribution is 5.79. The van der Waals surface area contributed by atoms with Crippen LogP contribution in [0.2, 0.25) is 0 Å². The van der Waals surface area contributed by atoms with Gasteiger partial charge in [-0.15, -0.1) is 0 Å². The molecule has 0 bridgehead atoms. The molecule has 1 unspecified atom stereocenters. The fraction of sp³-hybridized carbons (Fsp3) is 0.650. The summed E-state index contributed by atoms with van der Waals surface area (Å²) < 4.78 is 17.1. The first-order chi connectivity index (χ1) is 12.7. The fourth-order valence-corrected chi connectivity index (χ4v) is 3.45. The van der Waals surface area contributed by atoms with Crippen molar-refractivity contribution in [2.75, 3.05) is 40.0 Å². The van der Waals surface area contributed by atoms with E-state index in [9.17, 15) is 0 Å². The quantitative estimate of drug-likeness (QED) is 0.550. The van der Waals surface area contributed by atoms with Crippen molar-refractivity contribution in [1.29, 1.82) is 0 Å². The zero-order valence-electron chi connectivity index (χ0n) is 15.9. The normalized spacial score (nSPS) is 21.0. The Morgan fingerprint density at radius 1 is 1.27 bits per heavy atom. The van der Waals surface area contributed by atoms with Crippen molar-refractivity contribution in [3.8, 4) is 11.5 Å². The highest BCUT2D eigenvalue weighted by Gasteiger charge is 2.36. The molecule has 0 radical (unpaired) electrons. The molecule has 1 aliphatic carbocycles. The minimum Gasteiger partial charge on any atom is -0.486 e. The third kappa shape index (κ3) is 4.81. The van der Waals surface area contributed by atoms with Gasteiger partial charge in [0.1, 0.15) is 12.7 Å². The lowest BCUT2D eigenvalue weighted by Crippen LogP contribution is -2.46. The maximum absolute atomic E-state index is 6.00. The summed E-state index contributed by atoms with van der Waals surface area (Å²) in [5, 5.41) is 6.73. The number of benzene rings is 1. The average molecular weight is 361 g/mol. The van der Waals surface area contributed by atoms with Crippen molar-refractivity contribution >= 4 is 5.96 Å². The van der Waals surface area contributed by atoms with Crippen LogP contribution in [-0.4, -0.2) is 52.0 Å². The van der Waals surface area contributed by atoms with Crippen LogP contribution >= 0.6 is 0 Å². The predicted molar refractivity (Wildman–Crippen MR) is 103 cm³/mol. The Bertz CT molecular complexity index is 602. The maximum atomic E-state index is 6.00. The second-order valence-corrected chi connectivity index (χ2v) is 7.17. The highest BCUT2D eigenvalue weighted by Crippen LogP contribution is 2.44. The molecule has 1 aromatic rings. The van der Waals surface area contributed by atoms with E-state index in [0.717, 1.165) is 43.6 Å². The van der Waals surface area contributed by atoms with Crippen molar-refractivity contribution in [3.63, 3.8) is 0 Å². The Kier molecular flexibility index (Phi) is 6.61. The number of hydrogen-bond acceptors (Lipinski definition) is 4. The van der Waals surface area contributed by atoms with E-state index >= 15 is 0 Å². The standard InChI is InChI=1S/C20H31N3O3/c1-3-21-19(23-15-20(9-6-10-20)11-12-24-2)22-13-16-14-25-17-7-4-5-8-18(17)26-16/h4-5,7-8,16H,3,6,9-15H2,1-2H3,(H2,21,22,23). The second kappa shape index (κ2) is 9.12. The van der Waals surface area contributed by atoms with Crippen molar-refractivity contribution in [1.82, 2.24) is 10.6 Å². The summed E-state index contributed by atoms with van der Waals surface area (Å²) >= 11 is 0. The number of nitrogens with one attached hydrogen (secondary N) is 2. The Hall–Kier alpha value is -1.95. The Balaban J connectivity index is 1.52. The number of guanidine groups is 1. The molecule has 1 aliphatic heterocycles. The molecule has 1 saturated carbocycles. The lowest BCUT2D eigenvalue weighted by molar-refractivity contribution is 0.0777. The summed E-state index contributed by atoms with van der Waals surface area (Å²) in [7, 11) is 1.77. The molecular weight excluding hydrogens is 330 g/mol. The zero-order valence-corrected chi connectivity index (χ0v) is 15.9. The molecule has 2 N–H and O–H groups in total. The molecule has 1 atom stereocenters. The molecular formula is C20H31N3O3. The van der Waals surface area contributed by atoms with Crippen LogP contribution in [0.3, 0.4) is 0 Å². The molecule has 144 valence electrons. The predicted octanol–water partition coefficient (Wildman–Crippen LogP) is 2.59. The van der Waals surface area contributed by atoms with Gasteiger partial charge < -0.3 is 24.8 Å². The minimum atomic E-state index is -0.0279. The zero-order chi connectivity index (χ0) is 18.2. The molecule has 6 nitrogen and oxygen atoms in total. The molecule has 1 heterocycles. The molecule has 1 aromatic carbocycles. The topological polar surface area (TPSA) is 64.1 Å². The lowest BCUT2D eigenvalue weighted by atomic mass is 9.67. The van der Waals surface area contributed by atoms with E-state index in [4.69, 9.17) is 19.2 Å². The van der Waals surface area contributed by atoms with Crippen LogP contribution in [0.5, 0.6) is 11.5 Å². The van der Waals surface area contributed by atoms with Crippen molar-refractivity contribution in [2.24, 2.45) is 10.4 Å². The van der Waals surface area contributed by atoms with Crippen LogP contribution in [0.1, 0.15) is 32.6 Å². The van der Waals surface area contributed by atoms with Gasteiger partial charge in [-0.2, -0.15) is 0 Å². The van der Waals surface area contributed by atoms with Gasteiger partial charge in [-0.25, -0.2) is 0 Å². The van der Waals surface area contributed by atoms with E-state index in [-0.39, 0.29) is 6.10 Å². The number of rotatable bonds is 8.